The van der Waals surface area contributed by atoms with Crippen LogP contribution >= 0.6 is 11.3 Å². The Balaban J connectivity index is 2.11. The maximum Gasteiger partial charge on any atom is 0.286 e. The van der Waals surface area contributed by atoms with Crippen molar-refractivity contribution in [1.29, 1.82) is 0 Å². The molecule has 1 saturated heterocycles. The van der Waals surface area contributed by atoms with Gasteiger partial charge in [-0.25, -0.2) is 0 Å². The zero-order valence-electron chi connectivity index (χ0n) is 11.2. The Hall–Kier alpha value is -2.03. The Kier molecular flexibility index (Phi) is 4.28. The average molecular weight is 297 g/mol. The Morgan fingerprint density at radius 1 is 1.50 bits per heavy atom. The van der Waals surface area contributed by atoms with Crippen molar-refractivity contribution in [2.75, 3.05) is 18.4 Å². The molecule has 1 aromatic heterocycles. The maximum absolute atomic E-state index is 12.3. The van der Waals surface area contributed by atoms with E-state index in [2.05, 4.69) is 20.8 Å². The number of hydrogen-bond donors (Lipinski definition) is 2. The molecule has 2 heterocycles. The number of carbonyl (C=O) groups excluding carboxylic acids is 3. The number of hydrogen-bond acceptors (Lipinski definition) is 7. The van der Waals surface area contributed by atoms with Gasteiger partial charge in [0.2, 0.25) is 22.0 Å². The molecule has 0 spiro atoms. The lowest BCUT2D eigenvalue weighted by Crippen LogP contribution is -2.58. The second kappa shape index (κ2) is 5.95. The largest absolute Gasteiger partial charge is 0.360 e. The predicted octanol–water partition coefficient (Wildman–Crippen LogP) is -0.153. The highest BCUT2D eigenvalue weighted by molar-refractivity contribution is 7.17. The smallest absolute Gasteiger partial charge is 0.286 e. The van der Waals surface area contributed by atoms with Crippen LogP contribution in [0.25, 0.3) is 0 Å². The molecule has 1 aliphatic rings. The van der Waals surface area contributed by atoms with Crippen LogP contribution in [0.5, 0.6) is 0 Å². The molecule has 2 rings (SSSR count). The number of imide groups is 1. The third-order valence-corrected chi connectivity index (χ3v) is 3.69. The van der Waals surface area contributed by atoms with E-state index in [9.17, 15) is 14.4 Å². The normalized spacial score (nSPS) is 18.9. The minimum absolute atomic E-state index is 0.150. The van der Waals surface area contributed by atoms with E-state index in [1.165, 1.54) is 4.90 Å². The number of nitrogens with one attached hydrogen (secondary N) is 2. The Morgan fingerprint density at radius 2 is 2.25 bits per heavy atom. The van der Waals surface area contributed by atoms with Crippen molar-refractivity contribution in [3.63, 3.8) is 0 Å². The third kappa shape index (κ3) is 2.93. The van der Waals surface area contributed by atoms with Gasteiger partial charge >= 0.3 is 0 Å². The molecule has 2 N–H and O–H groups in total. The molecule has 1 atom stereocenters. The molecule has 20 heavy (non-hydrogen) atoms. The van der Waals surface area contributed by atoms with Gasteiger partial charge < -0.3 is 10.2 Å². The van der Waals surface area contributed by atoms with Gasteiger partial charge in [-0.15, -0.1) is 10.2 Å². The SMILES string of the molecule is CCCNc1nnc(C(=O)N2CC(=O)NC(=O)C2C)s1. The van der Waals surface area contributed by atoms with Gasteiger partial charge in [-0.3, -0.25) is 19.7 Å². The topological polar surface area (TPSA) is 104 Å². The van der Waals surface area contributed by atoms with Crippen LogP contribution in [-0.4, -0.2) is 52.0 Å². The highest BCUT2D eigenvalue weighted by Gasteiger charge is 2.35. The first-order chi connectivity index (χ1) is 9.52. The molecular weight excluding hydrogens is 282 g/mol. The lowest BCUT2D eigenvalue weighted by molar-refractivity contribution is -0.138. The molecule has 3 amide bonds. The van der Waals surface area contributed by atoms with Crippen molar-refractivity contribution in [3.05, 3.63) is 5.01 Å². The van der Waals surface area contributed by atoms with E-state index in [0.717, 1.165) is 24.3 Å². The first-order valence-electron chi connectivity index (χ1n) is 6.25. The Morgan fingerprint density at radius 3 is 2.95 bits per heavy atom. The number of amides is 3. The van der Waals surface area contributed by atoms with Gasteiger partial charge in [-0.1, -0.05) is 18.3 Å². The number of anilines is 1. The summed E-state index contributed by atoms with van der Waals surface area (Å²) in [6, 6.07) is -0.698. The van der Waals surface area contributed by atoms with Gasteiger partial charge in [-0.05, 0) is 13.3 Å². The zero-order valence-corrected chi connectivity index (χ0v) is 12.0. The average Bonchev–Trinajstić information content (AvgIpc) is 2.88. The van der Waals surface area contributed by atoms with E-state index in [1.54, 1.807) is 6.92 Å². The van der Waals surface area contributed by atoms with Crippen molar-refractivity contribution in [3.8, 4) is 0 Å². The molecule has 1 fully saturated rings. The van der Waals surface area contributed by atoms with Crippen LogP contribution < -0.4 is 10.6 Å². The summed E-state index contributed by atoms with van der Waals surface area (Å²) in [6.07, 6.45) is 0.931. The van der Waals surface area contributed by atoms with Gasteiger partial charge in [0, 0.05) is 6.54 Å². The van der Waals surface area contributed by atoms with E-state index in [4.69, 9.17) is 0 Å². The molecule has 1 unspecified atom stereocenters. The van der Waals surface area contributed by atoms with Crippen molar-refractivity contribution in [1.82, 2.24) is 20.4 Å². The summed E-state index contributed by atoms with van der Waals surface area (Å²) >= 11 is 1.11. The van der Waals surface area contributed by atoms with Crippen LogP contribution in [-0.2, 0) is 9.59 Å². The molecule has 8 nitrogen and oxygen atoms in total. The van der Waals surface area contributed by atoms with Crippen LogP contribution in [0.3, 0.4) is 0 Å². The fraction of sp³-hybridized carbons (Fsp3) is 0.545. The fourth-order valence-corrected chi connectivity index (χ4v) is 2.42. The lowest BCUT2D eigenvalue weighted by atomic mass is 10.2. The van der Waals surface area contributed by atoms with E-state index in [1.807, 2.05) is 6.92 Å². The van der Waals surface area contributed by atoms with Gasteiger partial charge in [0.15, 0.2) is 0 Å². The van der Waals surface area contributed by atoms with Crippen molar-refractivity contribution >= 4 is 34.2 Å². The fourth-order valence-electron chi connectivity index (χ4n) is 1.70. The first kappa shape index (κ1) is 14.4. The highest BCUT2D eigenvalue weighted by Crippen LogP contribution is 2.18. The molecule has 0 bridgehead atoms. The lowest BCUT2D eigenvalue weighted by Gasteiger charge is -2.30. The van der Waals surface area contributed by atoms with Crippen LogP contribution in [0.4, 0.5) is 5.13 Å². The minimum atomic E-state index is -0.698. The van der Waals surface area contributed by atoms with Gasteiger partial charge in [0.25, 0.3) is 5.91 Å². The quantitative estimate of drug-likeness (QED) is 0.749. The number of nitrogens with zero attached hydrogens (tertiary/aromatic N) is 3. The van der Waals surface area contributed by atoms with Crippen molar-refractivity contribution in [2.24, 2.45) is 0 Å². The van der Waals surface area contributed by atoms with E-state index in [0.29, 0.717) is 5.13 Å². The molecule has 0 saturated carbocycles. The van der Waals surface area contributed by atoms with Gasteiger partial charge in [-0.2, -0.15) is 0 Å². The van der Waals surface area contributed by atoms with Gasteiger partial charge in [0.1, 0.15) is 12.6 Å². The van der Waals surface area contributed by atoms with Crippen molar-refractivity contribution in [2.45, 2.75) is 26.3 Å². The van der Waals surface area contributed by atoms with E-state index >= 15 is 0 Å². The van der Waals surface area contributed by atoms with Crippen molar-refractivity contribution < 1.29 is 14.4 Å². The second-order valence-electron chi connectivity index (χ2n) is 4.36. The highest BCUT2D eigenvalue weighted by atomic mass is 32.1. The molecule has 0 radical (unpaired) electrons. The number of aromatic nitrogens is 2. The Labute approximate surface area is 119 Å². The number of carbonyl (C=O) groups is 3. The molecule has 0 aromatic carbocycles. The Bertz CT molecular complexity index is 544. The third-order valence-electron chi connectivity index (χ3n) is 2.82. The standard InChI is InChI=1S/C11H15N5O3S/c1-3-4-12-11-15-14-9(20-11)10(19)16-5-7(17)13-8(18)6(16)2/h6H,3-5H2,1-2H3,(H,12,15)(H,13,17,18). The molecule has 1 aliphatic heterocycles. The van der Waals surface area contributed by atoms with Crippen LogP contribution in [0, 0.1) is 0 Å². The van der Waals surface area contributed by atoms with Crippen LogP contribution in [0.1, 0.15) is 30.1 Å². The maximum atomic E-state index is 12.3. The second-order valence-corrected chi connectivity index (χ2v) is 5.34. The summed E-state index contributed by atoms with van der Waals surface area (Å²) < 4.78 is 0. The monoisotopic (exact) mass is 297 g/mol. The van der Waals surface area contributed by atoms with Crippen LogP contribution in [0.15, 0.2) is 0 Å². The van der Waals surface area contributed by atoms with Crippen LogP contribution in [0.2, 0.25) is 0 Å². The summed E-state index contributed by atoms with van der Waals surface area (Å²) in [5.41, 5.74) is 0. The summed E-state index contributed by atoms with van der Waals surface area (Å²) in [7, 11) is 0. The summed E-state index contributed by atoms with van der Waals surface area (Å²) in [4.78, 5) is 36.3. The first-order valence-corrected chi connectivity index (χ1v) is 7.06. The van der Waals surface area contributed by atoms with E-state index in [-0.39, 0.29) is 11.6 Å². The summed E-state index contributed by atoms with van der Waals surface area (Å²) in [6.45, 7) is 4.17. The number of piperazine rings is 1. The van der Waals surface area contributed by atoms with Gasteiger partial charge in [0.05, 0.1) is 0 Å². The minimum Gasteiger partial charge on any atom is -0.360 e. The summed E-state index contributed by atoms with van der Waals surface area (Å²) in [5, 5.41) is 13.6. The molecular formula is C11H15N5O3S. The molecule has 1 aromatic rings. The predicted molar refractivity (Wildman–Crippen MR) is 72.3 cm³/mol. The molecule has 0 aliphatic carbocycles. The summed E-state index contributed by atoms with van der Waals surface area (Å²) in [5.74, 6) is -1.43. The zero-order chi connectivity index (χ0) is 14.7. The molecule has 108 valence electrons. The van der Waals surface area contributed by atoms with E-state index < -0.39 is 23.8 Å². The number of rotatable bonds is 4. The molecule has 9 heteroatoms.